The standard InChI is InChI=1S/C38H62O2S/c1-10-11-12-13-14-15-16-17-18-19-20-21-22-23-38(41,30-26-32(36(4,5)6)34(39)24-28(30)2)31-27-33(37(7,8)9)35(40)25-29(31)3/h24-27,39-41H,10-23H2,1-9H3. The van der Waals surface area contributed by atoms with Gasteiger partial charge in [0.25, 0.3) is 0 Å². The van der Waals surface area contributed by atoms with E-state index in [1.165, 1.54) is 77.0 Å². The summed E-state index contributed by atoms with van der Waals surface area (Å²) in [5.74, 6) is 0.710. The van der Waals surface area contributed by atoms with Gasteiger partial charge in [0.15, 0.2) is 0 Å². The van der Waals surface area contributed by atoms with Gasteiger partial charge >= 0.3 is 0 Å². The van der Waals surface area contributed by atoms with E-state index < -0.39 is 4.75 Å². The zero-order valence-electron chi connectivity index (χ0n) is 28.1. The van der Waals surface area contributed by atoms with Crippen molar-refractivity contribution in [2.45, 2.75) is 168 Å². The summed E-state index contributed by atoms with van der Waals surface area (Å²) in [7, 11) is 0. The highest BCUT2D eigenvalue weighted by Gasteiger charge is 2.36. The Balaban J connectivity index is 2.22. The summed E-state index contributed by atoms with van der Waals surface area (Å²) in [5, 5.41) is 21.7. The SMILES string of the molecule is CCCCCCCCCCCCCCCC(S)(c1cc(C(C)(C)C)c(O)cc1C)c1cc(C(C)(C)C)c(O)cc1C. The molecule has 0 aliphatic rings. The molecule has 0 aliphatic heterocycles. The smallest absolute Gasteiger partial charge is 0.119 e. The van der Waals surface area contributed by atoms with Crippen LogP contribution in [0.1, 0.15) is 172 Å². The van der Waals surface area contributed by atoms with E-state index in [1.54, 1.807) is 0 Å². The van der Waals surface area contributed by atoms with Gasteiger partial charge in [0.05, 0.1) is 4.75 Å². The predicted octanol–water partition coefficient (Wildman–Crippen LogP) is 12.0. The second kappa shape index (κ2) is 15.7. The number of hydrogen-bond acceptors (Lipinski definition) is 3. The summed E-state index contributed by atoms with van der Waals surface area (Å²) in [6.07, 6.45) is 18.2. The average molecular weight is 583 g/mol. The number of aromatic hydroxyl groups is 2. The Morgan fingerprint density at radius 1 is 0.512 bits per heavy atom. The van der Waals surface area contributed by atoms with Crippen molar-refractivity contribution in [1.29, 1.82) is 0 Å². The second-order valence-electron chi connectivity index (χ2n) is 14.7. The van der Waals surface area contributed by atoms with Crippen molar-refractivity contribution in [2.24, 2.45) is 0 Å². The third-order valence-corrected chi connectivity index (χ3v) is 9.54. The van der Waals surface area contributed by atoms with Crippen LogP contribution in [0.15, 0.2) is 24.3 Å². The molecule has 0 fully saturated rings. The third-order valence-electron chi connectivity index (χ3n) is 8.83. The molecule has 3 heteroatoms. The van der Waals surface area contributed by atoms with Crippen LogP contribution >= 0.6 is 12.6 Å². The quantitative estimate of drug-likeness (QED) is 0.136. The first-order chi connectivity index (χ1) is 19.1. The van der Waals surface area contributed by atoms with Crippen LogP contribution in [-0.2, 0) is 15.6 Å². The Bertz CT molecular complexity index is 1020. The summed E-state index contributed by atoms with van der Waals surface area (Å²) >= 11 is 5.54. The van der Waals surface area contributed by atoms with E-state index in [4.69, 9.17) is 12.6 Å². The van der Waals surface area contributed by atoms with Crippen molar-refractivity contribution in [2.75, 3.05) is 0 Å². The lowest BCUT2D eigenvalue weighted by molar-refractivity contribution is 0.443. The van der Waals surface area contributed by atoms with Gasteiger partial charge in [-0.05, 0) is 88.7 Å². The van der Waals surface area contributed by atoms with Crippen LogP contribution in [0.25, 0.3) is 0 Å². The molecule has 2 aromatic carbocycles. The van der Waals surface area contributed by atoms with Crippen molar-refractivity contribution in [3.8, 4) is 11.5 Å². The summed E-state index contributed by atoms with van der Waals surface area (Å²) in [4.78, 5) is 0. The number of phenols is 2. The third kappa shape index (κ3) is 10.3. The molecule has 0 radical (unpaired) electrons. The minimum atomic E-state index is -0.520. The fourth-order valence-electron chi connectivity index (χ4n) is 6.29. The summed E-state index contributed by atoms with van der Waals surface area (Å²) in [6.45, 7) is 19.4. The van der Waals surface area contributed by atoms with Crippen LogP contribution in [-0.4, -0.2) is 10.2 Å². The normalized spacial score (nSPS) is 12.7. The maximum absolute atomic E-state index is 10.9. The molecule has 0 atom stereocenters. The van der Waals surface area contributed by atoms with E-state index in [2.05, 4.69) is 74.4 Å². The van der Waals surface area contributed by atoms with Crippen molar-refractivity contribution in [3.63, 3.8) is 0 Å². The Kier molecular flexibility index (Phi) is 13.7. The van der Waals surface area contributed by atoms with Crippen LogP contribution in [0.3, 0.4) is 0 Å². The van der Waals surface area contributed by atoms with Crippen LogP contribution < -0.4 is 0 Å². The van der Waals surface area contributed by atoms with E-state index >= 15 is 0 Å². The largest absolute Gasteiger partial charge is 0.508 e. The zero-order chi connectivity index (χ0) is 30.8. The second-order valence-corrected chi connectivity index (χ2v) is 15.5. The highest BCUT2D eigenvalue weighted by molar-refractivity contribution is 7.81. The average Bonchev–Trinajstić information content (AvgIpc) is 2.85. The number of thiol groups is 1. The van der Waals surface area contributed by atoms with Gasteiger partial charge in [-0.15, -0.1) is 0 Å². The van der Waals surface area contributed by atoms with Gasteiger partial charge in [-0.3, -0.25) is 0 Å². The maximum Gasteiger partial charge on any atom is 0.119 e. The molecule has 232 valence electrons. The molecular formula is C38H62O2S. The molecule has 0 saturated heterocycles. The minimum Gasteiger partial charge on any atom is -0.508 e. The molecule has 0 amide bonds. The molecule has 0 aromatic heterocycles. The summed E-state index contributed by atoms with van der Waals surface area (Å²) in [5.41, 5.74) is 5.99. The number of phenolic OH excluding ortho intramolecular Hbond substituents is 2. The van der Waals surface area contributed by atoms with Gasteiger partial charge in [-0.25, -0.2) is 0 Å². The van der Waals surface area contributed by atoms with Crippen LogP contribution in [0.2, 0.25) is 0 Å². The van der Waals surface area contributed by atoms with Gasteiger partial charge in [-0.2, -0.15) is 12.6 Å². The van der Waals surface area contributed by atoms with Crippen molar-refractivity contribution in [3.05, 3.63) is 57.6 Å². The molecular weight excluding hydrogens is 520 g/mol. The first-order valence-electron chi connectivity index (χ1n) is 16.5. The minimum absolute atomic E-state index is 0.183. The number of rotatable bonds is 16. The van der Waals surface area contributed by atoms with Crippen molar-refractivity contribution >= 4 is 12.6 Å². The van der Waals surface area contributed by atoms with E-state index in [0.717, 1.165) is 46.2 Å². The van der Waals surface area contributed by atoms with Crippen LogP contribution in [0, 0.1) is 13.8 Å². The van der Waals surface area contributed by atoms with Crippen molar-refractivity contribution < 1.29 is 10.2 Å². The maximum atomic E-state index is 10.9. The molecule has 0 heterocycles. The summed E-state index contributed by atoms with van der Waals surface area (Å²) < 4.78 is -0.520. The first-order valence-corrected chi connectivity index (χ1v) is 17.0. The van der Waals surface area contributed by atoms with Crippen LogP contribution in [0.5, 0.6) is 11.5 Å². The molecule has 0 aliphatic carbocycles. The lowest BCUT2D eigenvalue weighted by Crippen LogP contribution is -2.26. The zero-order valence-corrected chi connectivity index (χ0v) is 28.9. The van der Waals surface area contributed by atoms with Crippen molar-refractivity contribution in [1.82, 2.24) is 0 Å². The van der Waals surface area contributed by atoms with Crippen LogP contribution in [0.4, 0.5) is 0 Å². The predicted molar refractivity (Wildman–Crippen MR) is 183 cm³/mol. The molecule has 0 saturated carbocycles. The Labute approximate surface area is 259 Å². The highest BCUT2D eigenvalue weighted by Crippen LogP contribution is 2.48. The highest BCUT2D eigenvalue weighted by atomic mass is 32.1. The van der Waals surface area contributed by atoms with Gasteiger partial charge < -0.3 is 10.2 Å². The number of benzene rings is 2. The molecule has 2 N–H and O–H groups in total. The molecule has 2 rings (SSSR count). The molecule has 0 unspecified atom stereocenters. The Morgan fingerprint density at radius 2 is 0.829 bits per heavy atom. The van der Waals surface area contributed by atoms with E-state index in [1.807, 2.05) is 12.1 Å². The fourth-order valence-corrected chi connectivity index (χ4v) is 6.93. The monoisotopic (exact) mass is 582 g/mol. The lowest BCUT2D eigenvalue weighted by atomic mass is 9.75. The van der Waals surface area contributed by atoms with Gasteiger partial charge in [0, 0.05) is 0 Å². The molecule has 2 nitrogen and oxygen atoms in total. The molecule has 0 spiro atoms. The van der Waals surface area contributed by atoms with Gasteiger partial charge in [-0.1, -0.05) is 132 Å². The van der Waals surface area contributed by atoms with E-state index in [-0.39, 0.29) is 10.8 Å². The number of hydrogen-bond donors (Lipinski definition) is 3. The Hall–Kier alpha value is -1.61. The Morgan fingerprint density at radius 3 is 1.15 bits per heavy atom. The number of aryl methyl sites for hydroxylation is 2. The first kappa shape index (κ1) is 35.6. The van der Waals surface area contributed by atoms with E-state index in [0.29, 0.717) is 11.5 Å². The van der Waals surface area contributed by atoms with Gasteiger partial charge in [0.2, 0.25) is 0 Å². The fraction of sp³-hybridized carbons (Fsp3) is 0.684. The molecule has 41 heavy (non-hydrogen) atoms. The molecule has 2 aromatic rings. The topological polar surface area (TPSA) is 40.5 Å². The van der Waals surface area contributed by atoms with Gasteiger partial charge in [0.1, 0.15) is 11.5 Å². The lowest BCUT2D eigenvalue weighted by Gasteiger charge is -2.36. The summed E-state index contributed by atoms with van der Waals surface area (Å²) in [6, 6.07) is 8.24. The van der Waals surface area contributed by atoms with E-state index in [9.17, 15) is 10.2 Å². The number of unbranched alkanes of at least 4 members (excludes halogenated alkanes) is 12. The molecule has 0 bridgehead atoms.